The summed E-state index contributed by atoms with van der Waals surface area (Å²) >= 11 is 5.95. The topological polar surface area (TPSA) is 195 Å². The highest BCUT2D eigenvalue weighted by Crippen LogP contribution is 2.48. The van der Waals surface area contributed by atoms with Crippen LogP contribution in [0.4, 0.5) is 5.95 Å². The van der Waals surface area contributed by atoms with Crippen molar-refractivity contribution in [3.63, 3.8) is 0 Å². The summed E-state index contributed by atoms with van der Waals surface area (Å²) < 4.78 is 43.5. The maximum atomic E-state index is 13.9. The summed E-state index contributed by atoms with van der Waals surface area (Å²) in [7, 11) is -4.26. The van der Waals surface area contributed by atoms with Crippen LogP contribution < -0.4 is 20.1 Å². The van der Waals surface area contributed by atoms with Gasteiger partial charge in [-0.25, -0.2) is 9.55 Å². The molecule has 0 bridgehead atoms. The van der Waals surface area contributed by atoms with Crippen molar-refractivity contribution in [3.05, 3.63) is 35.6 Å². The van der Waals surface area contributed by atoms with Gasteiger partial charge in [0.25, 0.3) is 0 Å². The Balaban J connectivity index is 1.61. The van der Waals surface area contributed by atoms with Crippen molar-refractivity contribution in [2.45, 2.75) is 57.7 Å². The van der Waals surface area contributed by atoms with Crippen LogP contribution in [0.15, 0.2) is 35.6 Å². The summed E-state index contributed by atoms with van der Waals surface area (Å²) in [4.78, 5) is 29.2. The average Bonchev–Trinajstić information content (AvgIpc) is 3.47. The van der Waals surface area contributed by atoms with Crippen molar-refractivity contribution in [2.75, 3.05) is 25.6 Å². The fourth-order valence-electron chi connectivity index (χ4n) is 4.32. The third-order valence-corrected chi connectivity index (χ3v) is 8.37. The molecule has 3 heterocycles. The van der Waals surface area contributed by atoms with Crippen LogP contribution in [0.2, 0.25) is 5.02 Å². The first-order chi connectivity index (χ1) is 19.9. The molecule has 0 aliphatic carbocycles. The maximum absolute atomic E-state index is 13.9. The van der Waals surface area contributed by atoms with Crippen molar-refractivity contribution in [1.82, 2.24) is 24.6 Å². The molecule has 0 spiro atoms. The largest absolute Gasteiger partial charge is 0.476 e. The second-order valence-corrected chi connectivity index (χ2v) is 11.6. The van der Waals surface area contributed by atoms with E-state index in [4.69, 9.17) is 40.6 Å². The van der Waals surface area contributed by atoms with E-state index in [0.717, 1.165) is 0 Å². The van der Waals surface area contributed by atoms with Gasteiger partial charge < -0.3 is 29.6 Å². The molecule has 0 saturated carbocycles. The van der Waals surface area contributed by atoms with E-state index in [1.807, 2.05) is 0 Å². The van der Waals surface area contributed by atoms with Crippen LogP contribution in [-0.2, 0) is 23.4 Å². The number of carbonyl (C=O) groups is 1. The quantitative estimate of drug-likeness (QED) is 0.143. The molecule has 228 valence electrons. The molecule has 1 aromatic carbocycles. The molecule has 2 aromatic heterocycles. The van der Waals surface area contributed by atoms with Gasteiger partial charge in [-0.15, -0.1) is 0 Å². The molecule has 17 heteroatoms. The standard InChI is InChI=1S/C25H33ClN7O8P/c1-6-37-21-18-20(30-24(27)31-21)33(13-29-18)23-25(4,28-5)19(34)17(40-23)12-39-42(36,32-14(3)22(35)38-7-2)41-16-10-8-15(26)9-11-16/h8-11,13-14,17,19,23,34H,5-7,12H2,1-4H3,(H,32,36)(H2,27,30,31)/t14-,17+,19+,23+,25+,42?/m0/s1. The van der Waals surface area contributed by atoms with E-state index in [2.05, 4.69) is 31.7 Å². The summed E-state index contributed by atoms with van der Waals surface area (Å²) in [5.74, 6) is -0.378. The molecule has 3 aromatic rings. The van der Waals surface area contributed by atoms with Crippen LogP contribution >= 0.6 is 19.3 Å². The van der Waals surface area contributed by atoms with Crippen LogP contribution in [-0.4, -0.2) is 80.9 Å². The van der Waals surface area contributed by atoms with Crippen molar-refractivity contribution in [1.29, 1.82) is 0 Å². The number of rotatable bonds is 13. The summed E-state index contributed by atoms with van der Waals surface area (Å²) in [5.41, 5.74) is 5.17. The van der Waals surface area contributed by atoms with Gasteiger partial charge in [0.1, 0.15) is 29.5 Å². The van der Waals surface area contributed by atoms with E-state index in [1.54, 1.807) is 20.8 Å². The monoisotopic (exact) mass is 625 g/mol. The number of carbonyl (C=O) groups excluding carboxylic acids is 1. The van der Waals surface area contributed by atoms with E-state index in [9.17, 15) is 14.5 Å². The smallest absolute Gasteiger partial charge is 0.459 e. The number of nitrogens with two attached hydrogens (primary N) is 1. The summed E-state index contributed by atoms with van der Waals surface area (Å²) in [6.45, 7) is 10.2. The lowest BCUT2D eigenvalue weighted by atomic mass is 9.93. The Labute approximate surface area is 246 Å². The number of anilines is 1. The van der Waals surface area contributed by atoms with E-state index in [0.29, 0.717) is 17.1 Å². The van der Waals surface area contributed by atoms with Gasteiger partial charge in [-0.2, -0.15) is 15.1 Å². The SMILES string of the molecule is C=N[C@]1(C)[C@H](O)[C@@H](COP(=O)(N[C@@H](C)C(=O)OCC)Oc2ccc(Cl)cc2)O[C@H]1n1cnc2c(OCC)nc(N)nc21. The third-order valence-electron chi connectivity index (χ3n) is 6.48. The van der Waals surface area contributed by atoms with Gasteiger partial charge in [0.15, 0.2) is 17.4 Å². The first kappa shape index (κ1) is 31.6. The molecule has 0 amide bonds. The Morgan fingerprint density at radius 3 is 2.69 bits per heavy atom. The number of hydrogen-bond acceptors (Lipinski definition) is 13. The zero-order chi connectivity index (χ0) is 30.7. The zero-order valence-corrected chi connectivity index (χ0v) is 25.1. The van der Waals surface area contributed by atoms with Crippen LogP contribution in [0.25, 0.3) is 11.2 Å². The number of nitrogen functional groups attached to an aromatic ring is 1. The Morgan fingerprint density at radius 1 is 1.33 bits per heavy atom. The number of nitrogens with zero attached hydrogens (tertiary/aromatic N) is 5. The molecule has 6 atom stereocenters. The average molecular weight is 626 g/mol. The summed E-state index contributed by atoms with van der Waals surface area (Å²) in [6, 6.07) is 4.98. The third kappa shape index (κ3) is 6.51. The second kappa shape index (κ2) is 12.9. The number of aliphatic imine (C=N–C) groups is 1. The Kier molecular flexibility index (Phi) is 9.70. The molecule has 4 rings (SSSR count). The van der Waals surface area contributed by atoms with Crippen LogP contribution in [0.1, 0.15) is 33.9 Å². The molecule has 1 saturated heterocycles. The number of aromatic nitrogens is 4. The van der Waals surface area contributed by atoms with Gasteiger partial charge in [0.2, 0.25) is 11.8 Å². The lowest BCUT2D eigenvalue weighted by Crippen LogP contribution is -2.43. The molecular formula is C25H33ClN7O8P. The van der Waals surface area contributed by atoms with Crippen LogP contribution in [0, 0.1) is 0 Å². The number of ether oxygens (including phenoxy) is 3. The van der Waals surface area contributed by atoms with E-state index >= 15 is 0 Å². The van der Waals surface area contributed by atoms with Gasteiger partial charge in [-0.1, -0.05) is 11.6 Å². The fraction of sp³-hybridized carbons (Fsp3) is 0.480. The van der Waals surface area contributed by atoms with Crippen molar-refractivity contribution >= 4 is 49.1 Å². The Morgan fingerprint density at radius 2 is 2.05 bits per heavy atom. The van der Waals surface area contributed by atoms with Crippen molar-refractivity contribution in [2.24, 2.45) is 4.99 Å². The lowest BCUT2D eigenvalue weighted by Gasteiger charge is -2.28. The number of hydrogen-bond donors (Lipinski definition) is 3. The molecule has 42 heavy (non-hydrogen) atoms. The zero-order valence-electron chi connectivity index (χ0n) is 23.5. The molecule has 1 unspecified atom stereocenters. The molecule has 15 nitrogen and oxygen atoms in total. The van der Waals surface area contributed by atoms with Crippen molar-refractivity contribution in [3.8, 4) is 11.6 Å². The van der Waals surface area contributed by atoms with E-state index < -0.39 is 50.3 Å². The highest BCUT2D eigenvalue weighted by Gasteiger charge is 2.55. The van der Waals surface area contributed by atoms with Crippen molar-refractivity contribution < 1.29 is 37.7 Å². The molecule has 4 N–H and O–H groups in total. The number of esters is 1. The number of halogens is 1. The van der Waals surface area contributed by atoms with Crippen LogP contribution in [0.5, 0.6) is 11.6 Å². The van der Waals surface area contributed by atoms with Gasteiger partial charge >= 0.3 is 13.7 Å². The van der Waals surface area contributed by atoms with Crippen LogP contribution in [0.3, 0.4) is 0 Å². The Hall–Kier alpha value is -3.33. The Bertz CT molecular complexity index is 1470. The number of aliphatic hydroxyl groups excluding tert-OH is 1. The minimum Gasteiger partial charge on any atom is -0.476 e. The summed E-state index contributed by atoms with van der Waals surface area (Å²) in [6.07, 6.45) is -1.94. The highest BCUT2D eigenvalue weighted by atomic mass is 35.5. The summed E-state index contributed by atoms with van der Waals surface area (Å²) in [5, 5.41) is 14.3. The minimum absolute atomic E-state index is 0.0542. The predicted octanol–water partition coefficient (Wildman–Crippen LogP) is 2.92. The van der Waals surface area contributed by atoms with E-state index in [1.165, 1.54) is 42.1 Å². The predicted molar refractivity (Wildman–Crippen MR) is 154 cm³/mol. The number of imidazole rings is 1. The van der Waals surface area contributed by atoms with Gasteiger partial charge in [-0.3, -0.25) is 18.9 Å². The van der Waals surface area contributed by atoms with E-state index in [-0.39, 0.29) is 29.8 Å². The normalized spacial score (nSPS) is 24.2. The van der Waals surface area contributed by atoms with Gasteiger partial charge in [0.05, 0.1) is 26.1 Å². The minimum atomic E-state index is -4.26. The van der Waals surface area contributed by atoms with Gasteiger partial charge in [-0.05, 0) is 58.7 Å². The number of aliphatic hydroxyl groups is 1. The molecule has 0 radical (unpaired) electrons. The molecule has 1 fully saturated rings. The first-order valence-corrected chi connectivity index (χ1v) is 14.9. The number of benzene rings is 1. The lowest BCUT2D eigenvalue weighted by molar-refractivity contribution is -0.144. The highest BCUT2D eigenvalue weighted by molar-refractivity contribution is 7.52. The molecule has 1 aliphatic rings. The molecular weight excluding hydrogens is 593 g/mol. The second-order valence-electron chi connectivity index (χ2n) is 9.44. The molecule has 1 aliphatic heterocycles. The first-order valence-electron chi connectivity index (χ1n) is 13.0. The van der Waals surface area contributed by atoms with Gasteiger partial charge in [0, 0.05) is 5.02 Å². The number of fused-ring (bicyclic) bond motifs is 1. The fourth-order valence-corrected chi connectivity index (χ4v) is 5.95. The maximum Gasteiger partial charge on any atom is 0.459 e. The number of nitrogens with one attached hydrogen (secondary N) is 1.